The molecule has 2 aromatic rings. The lowest BCUT2D eigenvalue weighted by molar-refractivity contribution is 0.795. The van der Waals surface area contributed by atoms with Crippen molar-refractivity contribution in [3.05, 3.63) is 66.2 Å². The first-order chi connectivity index (χ1) is 9.57. The second-order valence-electron chi connectivity index (χ2n) is 4.61. The van der Waals surface area contributed by atoms with Crippen molar-refractivity contribution in [1.82, 2.24) is 0 Å². The lowest BCUT2D eigenvalue weighted by Crippen LogP contribution is -2.41. The van der Waals surface area contributed by atoms with E-state index in [0.29, 0.717) is 0 Å². The minimum Gasteiger partial charge on any atom is -0.330 e. The van der Waals surface area contributed by atoms with E-state index < -0.39 is 3.79 Å². The van der Waals surface area contributed by atoms with Gasteiger partial charge in [-0.25, -0.2) is 0 Å². The SMILES string of the molecule is ClC(Cl)(Cl)C1C=Cc2ccccc2N1c1ccccc1. The van der Waals surface area contributed by atoms with Gasteiger partial charge in [0.1, 0.15) is 0 Å². The highest BCUT2D eigenvalue weighted by Gasteiger charge is 2.38. The molecule has 0 N–H and O–H groups in total. The summed E-state index contributed by atoms with van der Waals surface area (Å²) in [5.41, 5.74) is 3.15. The van der Waals surface area contributed by atoms with Gasteiger partial charge in [0.25, 0.3) is 0 Å². The lowest BCUT2D eigenvalue weighted by atomic mass is 10.0. The maximum atomic E-state index is 6.16. The van der Waals surface area contributed by atoms with E-state index >= 15 is 0 Å². The molecule has 1 nitrogen and oxygen atoms in total. The van der Waals surface area contributed by atoms with Crippen LogP contribution in [0.4, 0.5) is 11.4 Å². The molecule has 0 saturated heterocycles. The van der Waals surface area contributed by atoms with E-state index in [1.54, 1.807) is 0 Å². The maximum Gasteiger partial charge on any atom is 0.214 e. The van der Waals surface area contributed by atoms with Crippen LogP contribution in [0.5, 0.6) is 0 Å². The van der Waals surface area contributed by atoms with Crippen molar-refractivity contribution in [1.29, 1.82) is 0 Å². The minimum absolute atomic E-state index is 0.343. The number of halogens is 3. The first kappa shape index (κ1) is 13.8. The fourth-order valence-electron chi connectivity index (χ4n) is 2.42. The molecule has 0 amide bonds. The first-order valence-corrected chi connectivity index (χ1v) is 7.39. The largest absolute Gasteiger partial charge is 0.330 e. The molecule has 0 fully saturated rings. The van der Waals surface area contributed by atoms with E-state index in [0.717, 1.165) is 16.9 Å². The van der Waals surface area contributed by atoms with Gasteiger partial charge in [0, 0.05) is 11.4 Å². The fraction of sp³-hybridized carbons (Fsp3) is 0.125. The van der Waals surface area contributed by atoms with E-state index in [-0.39, 0.29) is 6.04 Å². The highest BCUT2D eigenvalue weighted by atomic mass is 35.6. The van der Waals surface area contributed by atoms with E-state index in [4.69, 9.17) is 34.8 Å². The number of alkyl halides is 3. The Balaban J connectivity index is 2.16. The summed E-state index contributed by atoms with van der Waals surface area (Å²) in [5.74, 6) is 0. The summed E-state index contributed by atoms with van der Waals surface area (Å²) in [7, 11) is 0. The Kier molecular flexibility index (Phi) is 3.68. The van der Waals surface area contributed by atoms with Crippen LogP contribution in [0.2, 0.25) is 0 Å². The van der Waals surface area contributed by atoms with Gasteiger partial charge in [0.15, 0.2) is 0 Å². The Bertz CT molecular complexity index is 632. The maximum absolute atomic E-state index is 6.16. The van der Waals surface area contributed by atoms with Crippen molar-refractivity contribution < 1.29 is 0 Å². The molecule has 1 unspecified atom stereocenters. The Morgan fingerprint density at radius 3 is 2.20 bits per heavy atom. The van der Waals surface area contributed by atoms with Crippen LogP contribution in [-0.4, -0.2) is 9.83 Å². The highest BCUT2D eigenvalue weighted by molar-refractivity contribution is 6.68. The third-order valence-corrected chi connectivity index (χ3v) is 3.97. The molecular weight excluding hydrogens is 313 g/mol. The second kappa shape index (κ2) is 5.33. The second-order valence-corrected chi connectivity index (χ2v) is 6.98. The Morgan fingerprint density at radius 1 is 0.850 bits per heavy atom. The molecule has 20 heavy (non-hydrogen) atoms. The van der Waals surface area contributed by atoms with Gasteiger partial charge in [-0.1, -0.05) is 83.4 Å². The Hall–Kier alpha value is -1.15. The van der Waals surface area contributed by atoms with E-state index in [1.165, 1.54) is 0 Å². The quantitative estimate of drug-likeness (QED) is 0.618. The molecule has 3 rings (SSSR count). The number of nitrogens with zero attached hydrogens (tertiary/aromatic N) is 1. The molecule has 0 radical (unpaired) electrons. The van der Waals surface area contributed by atoms with Gasteiger partial charge in [-0.15, -0.1) is 0 Å². The normalized spacial score (nSPS) is 17.9. The van der Waals surface area contributed by atoms with E-state index in [1.807, 2.05) is 60.7 Å². The summed E-state index contributed by atoms with van der Waals surface area (Å²) in [6, 6.07) is 17.7. The van der Waals surface area contributed by atoms with Gasteiger partial charge < -0.3 is 4.90 Å². The number of rotatable bonds is 1. The first-order valence-electron chi connectivity index (χ1n) is 6.25. The lowest BCUT2D eigenvalue weighted by Gasteiger charge is -2.39. The van der Waals surface area contributed by atoms with Crippen molar-refractivity contribution in [2.75, 3.05) is 4.90 Å². The van der Waals surface area contributed by atoms with Crippen molar-refractivity contribution in [2.24, 2.45) is 0 Å². The van der Waals surface area contributed by atoms with Crippen molar-refractivity contribution in [3.8, 4) is 0 Å². The molecule has 1 heterocycles. The van der Waals surface area contributed by atoms with Crippen LogP contribution in [0.25, 0.3) is 6.08 Å². The molecule has 0 spiro atoms. The predicted molar refractivity (Wildman–Crippen MR) is 88.1 cm³/mol. The number of benzene rings is 2. The molecule has 1 aliphatic heterocycles. The van der Waals surface area contributed by atoms with Crippen LogP contribution in [0.3, 0.4) is 0 Å². The Morgan fingerprint density at radius 2 is 1.50 bits per heavy atom. The van der Waals surface area contributed by atoms with Crippen LogP contribution >= 0.6 is 34.8 Å². The zero-order valence-electron chi connectivity index (χ0n) is 10.5. The molecule has 1 aliphatic rings. The molecule has 102 valence electrons. The topological polar surface area (TPSA) is 3.24 Å². The smallest absolute Gasteiger partial charge is 0.214 e. The van der Waals surface area contributed by atoms with E-state index in [2.05, 4.69) is 11.0 Å². The third-order valence-electron chi connectivity index (χ3n) is 3.30. The van der Waals surface area contributed by atoms with Crippen molar-refractivity contribution in [3.63, 3.8) is 0 Å². The van der Waals surface area contributed by atoms with Crippen LogP contribution in [0.15, 0.2) is 60.7 Å². The summed E-state index contributed by atoms with van der Waals surface area (Å²) in [4.78, 5) is 2.06. The van der Waals surface area contributed by atoms with Crippen LogP contribution in [0.1, 0.15) is 5.56 Å². The molecule has 4 heteroatoms. The van der Waals surface area contributed by atoms with Crippen LogP contribution in [0, 0.1) is 0 Å². The summed E-state index contributed by atoms with van der Waals surface area (Å²) in [6.07, 6.45) is 3.93. The molecule has 0 aliphatic carbocycles. The summed E-state index contributed by atoms with van der Waals surface area (Å²) in [6.45, 7) is 0. The number of fused-ring (bicyclic) bond motifs is 1. The zero-order chi connectivity index (χ0) is 14.2. The molecular formula is C16H12Cl3N. The van der Waals surface area contributed by atoms with Gasteiger partial charge >= 0.3 is 0 Å². The monoisotopic (exact) mass is 323 g/mol. The van der Waals surface area contributed by atoms with Gasteiger partial charge in [-0.2, -0.15) is 0 Å². The van der Waals surface area contributed by atoms with Crippen LogP contribution in [-0.2, 0) is 0 Å². The summed E-state index contributed by atoms with van der Waals surface area (Å²) < 4.78 is -1.40. The molecule has 2 aromatic carbocycles. The van der Waals surface area contributed by atoms with Crippen molar-refractivity contribution in [2.45, 2.75) is 9.83 Å². The number of anilines is 2. The average Bonchev–Trinajstić information content (AvgIpc) is 2.46. The summed E-state index contributed by atoms with van der Waals surface area (Å²) >= 11 is 18.5. The van der Waals surface area contributed by atoms with Gasteiger partial charge in [-0.05, 0) is 23.8 Å². The van der Waals surface area contributed by atoms with Gasteiger partial charge in [0.2, 0.25) is 3.79 Å². The van der Waals surface area contributed by atoms with E-state index in [9.17, 15) is 0 Å². The molecule has 0 saturated carbocycles. The molecule has 1 atom stereocenters. The molecule has 0 aromatic heterocycles. The third kappa shape index (κ3) is 2.54. The minimum atomic E-state index is -1.40. The number of para-hydroxylation sites is 2. The fourth-order valence-corrected chi connectivity index (χ4v) is 2.93. The van der Waals surface area contributed by atoms with Crippen molar-refractivity contribution >= 4 is 52.3 Å². The molecule has 0 bridgehead atoms. The highest BCUT2D eigenvalue weighted by Crippen LogP contribution is 2.44. The van der Waals surface area contributed by atoms with Gasteiger partial charge in [-0.3, -0.25) is 0 Å². The number of hydrogen-bond donors (Lipinski definition) is 0. The Labute approximate surface area is 133 Å². The standard InChI is InChI=1S/C16H12Cl3N/c17-16(18,19)15-11-10-12-6-4-5-9-14(12)20(15)13-7-2-1-3-8-13/h1-11,15H. The van der Waals surface area contributed by atoms with Crippen LogP contribution < -0.4 is 4.90 Å². The van der Waals surface area contributed by atoms with Gasteiger partial charge in [0.05, 0.1) is 6.04 Å². The number of hydrogen-bond acceptors (Lipinski definition) is 1. The zero-order valence-corrected chi connectivity index (χ0v) is 12.8. The predicted octanol–water partition coefficient (Wildman–Crippen LogP) is 5.59. The summed E-state index contributed by atoms with van der Waals surface area (Å²) in [5, 5.41) is 0. The average molecular weight is 325 g/mol.